The summed E-state index contributed by atoms with van der Waals surface area (Å²) in [5, 5.41) is 34.6. The summed E-state index contributed by atoms with van der Waals surface area (Å²) in [7, 11) is 3.15. The van der Waals surface area contributed by atoms with Gasteiger partial charge in [-0.2, -0.15) is 0 Å². The van der Waals surface area contributed by atoms with Gasteiger partial charge in [-0.25, -0.2) is 0 Å². The van der Waals surface area contributed by atoms with Crippen LogP contribution in [0.25, 0.3) is 0 Å². The van der Waals surface area contributed by atoms with Gasteiger partial charge < -0.3 is 53.2 Å². The van der Waals surface area contributed by atoms with Gasteiger partial charge in [0.1, 0.15) is 35.9 Å². The Balaban J connectivity index is 1.40. The number of aliphatic hydroxyl groups excluding tert-OH is 2. The van der Waals surface area contributed by atoms with Crippen molar-refractivity contribution in [2.45, 2.75) is 166 Å². The molecule has 54 heavy (non-hydrogen) atoms. The number of carbonyl (C=O) groups is 1. The van der Waals surface area contributed by atoms with Crippen LogP contribution < -0.4 is 0 Å². The second-order valence-electron chi connectivity index (χ2n) is 16.8. The lowest BCUT2D eigenvalue weighted by Gasteiger charge is -2.52. The first-order chi connectivity index (χ1) is 25.6. The van der Waals surface area contributed by atoms with E-state index in [-0.39, 0.29) is 43.3 Å². The highest BCUT2D eigenvalue weighted by Gasteiger charge is 2.61. The number of fused-ring (bicyclic) bond motifs is 2. The summed E-state index contributed by atoms with van der Waals surface area (Å²) in [4.78, 5) is 14.4. The van der Waals surface area contributed by atoms with Crippen molar-refractivity contribution in [1.82, 2.24) is 0 Å². The molecule has 12 heteroatoms. The van der Waals surface area contributed by atoms with Gasteiger partial charge in [0, 0.05) is 51.7 Å². The van der Waals surface area contributed by atoms with Crippen LogP contribution in [-0.2, 0) is 42.7 Å². The quantitative estimate of drug-likeness (QED) is 0.255. The molecule has 5 heterocycles. The predicted octanol–water partition coefficient (Wildman–Crippen LogP) is 4.69. The van der Waals surface area contributed by atoms with Crippen LogP contribution in [0.1, 0.15) is 87.0 Å². The highest BCUT2D eigenvalue weighted by atomic mass is 16.7. The van der Waals surface area contributed by atoms with Crippen molar-refractivity contribution in [3.05, 3.63) is 47.1 Å². The molecule has 304 valence electrons. The second-order valence-corrected chi connectivity index (χ2v) is 16.8. The Morgan fingerprint density at radius 1 is 1.00 bits per heavy atom. The summed E-state index contributed by atoms with van der Waals surface area (Å²) in [6, 6.07) is 0. The lowest BCUT2D eigenvalue weighted by Crippen LogP contribution is -2.60. The van der Waals surface area contributed by atoms with Crippen LogP contribution in [0.5, 0.6) is 0 Å². The van der Waals surface area contributed by atoms with E-state index in [1.807, 2.05) is 45.9 Å². The molecule has 5 aliphatic heterocycles. The molecule has 0 aromatic heterocycles. The standard InChI is InChI=1S/C42H64O12/c1-10-22(2)37-26(6)32(43)20-41(54-37)19-30-17-29(53-41)15-14-24(4)36(52-34-18-33(47-8)35(44)27(7)50-34)23(3)12-11-13-28-21-49-39-38(48-9)25(5)16-31(40(45)51-30)42(28,39)46/h11-14,16,22-23,26-27,29-39,43-44,46H,10,15,17-21H2,1-9H3/b12-11+,24-14+,28-13+/t22?,23-,26-,27-,29+,30-,31-,32-,33-,34-,35-,36-,37+,38+,39+,41-,42+/m0/s1. The van der Waals surface area contributed by atoms with Crippen molar-refractivity contribution in [1.29, 1.82) is 0 Å². The van der Waals surface area contributed by atoms with E-state index in [1.54, 1.807) is 20.3 Å². The van der Waals surface area contributed by atoms with Gasteiger partial charge in [0.15, 0.2) is 12.1 Å². The Bertz CT molecular complexity index is 1460. The maximum absolute atomic E-state index is 14.4. The molecule has 1 spiro atoms. The second kappa shape index (κ2) is 16.9. The maximum atomic E-state index is 14.4. The first-order valence-electron chi connectivity index (χ1n) is 20.0. The summed E-state index contributed by atoms with van der Waals surface area (Å²) in [6.07, 6.45) is 6.15. The summed E-state index contributed by atoms with van der Waals surface area (Å²) in [6.45, 7) is 14.1. The summed E-state index contributed by atoms with van der Waals surface area (Å²) in [5.41, 5.74) is 0.566. The van der Waals surface area contributed by atoms with Gasteiger partial charge in [0.25, 0.3) is 0 Å². The first kappa shape index (κ1) is 41.7. The van der Waals surface area contributed by atoms with Gasteiger partial charge in [0.2, 0.25) is 0 Å². The Labute approximate surface area is 320 Å². The van der Waals surface area contributed by atoms with E-state index in [4.69, 9.17) is 37.9 Å². The number of carbonyl (C=O) groups excluding carboxylic acids is 1. The lowest BCUT2D eigenvalue weighted by atomic mass is 9.70. The fourth-order valence-electron chi connectivity index (χ4n) is 9.58. The van der Waals surface area contributed by atoms with Crippen LogP contribution >= 0.6 is 0 Å². The maximum Gasteiger partial charge on any atom is 0.316 e. The third-order valence-electron chi connectivity index (χ3n) is 13.0. The molecule has 12 nitrogen and oxygen atoms in total. The fraction of sp³-hybridized carbons (Fsp3) is 0.786. The van der Waals surface area contributed by atoms with Gasteiger partial charge in [-0.1, -0.05) is 64.5 Å². The molecule has 0 radical (unpaired) electrons. The predicted molar refractivity (Wildman–Crippen MR) is 199 cm³/mol. The molecule has 17 atom stereocenters. The van der Waals surface area contributed by atoms with Gasteiger partial charge >= 0.3 is 5.97 Å². The molecule has 1 aliphatic carbocycles. The molecule has 6 aliphatic rings. The Kier molecular flexibility index (Phi) is 13.0. The zero-order valence-electron chi connectivity index (χ0n) is 33.5. The van der Waals surface area contributed by atoms with Crippen molar-refractivity contribution >= 4 is 5.97 Å². The van der Waals surface area contributed by atoms with Crippen LogP contribution in [0.3, 0.4) is 0 Å². The molecule has 1 unspecified atom stereocenters. The lowest BCUT2D eigenvalue weighted by molar-refractivity contribution is -0.354. The number of ether oxygens (including phenoxy) is 8. The van der Waals surface area contributed by atoms with Crippen molar-refractivity contribution < 1.29 is 58.0 Å². The molecule has 0 aromatic carbocycles. The summed E-state index contributed by atoms with van der Waals surface area (Å²) >= 11 is 0. The number of hydrogen-bond donors (Lipinski definition) is 3. The molecule has 3 N–H and O–H groups in total. The Morgan fingerprint density at radius 2 is 1.76 bits per heavy atom. The van der Waals surface area contributed by atoms with Crippen LogP contribution in [-0.4, -0.2) is 121 Å². The molecule has 0 amide bonds. The van der Waals surface area contributed by atoms with E-state index in [1.165, 1.54) is 0 Å². The molecular weight excluding hydrogens is 696 g/mol. The molecule has 4 fully saturated rings. The third-order valence-corrected chi connectivity index (χ3v) is 13.0. The van der Waals surface area contributed by atoms with Crippen molar-refractivity contribution in [3.8, 4) is 0 Å². The number of hydrogen-bond acceptors (Lipinski definition) is 12. The van der Waals surface area contributed by atoms with Gasteiger partial charge in [0.05, 0.1) is 43.2 Å². The highest BCUT2D eigenvalue weighted by molar-refractivity contribution is 5.78. The third kappa shape index (κ3) is 8.08. The Morgan fingerprint density at radius 3 is 2.46 bits per heavy atom. The van der Waals surface area contributed by atoms with Crippen LogP contribution in [0.15, 0.2) is 47.1 Å². The number of rotatable bonds is 6. The zero-order valence-corrected chi connectivity index (χ0v) is 33.5. The fourth-order valence-corrected chi connectivity index (χ4v) is 9.58. The van der Waals surface area contributed by atoms with Crippen molar-refractivity contribution in [3.63, 3.8) is 0 Å². The summed E-state index contributed by atoms with van der Waals surface area (Å²) in [5.74, 6) is -2.85. The monoisotopic (exact) mass is 760 g/mol. The normalized spacial score (nSPS) is 49.1. The van der Waals surface area contributed by atoms with E-state index in [9.17, 15) is 20.1 Å². The summed E-state index contributed by atoms with van der Waals surface area (Å²) < 4.78 is 50.5. The topological polar surface area (TPSA) is 152 Å². The number of esters is 1. The molecule has 0 aromatic rings. The van der Waals surface area contributed by atoms with Crippen LogP contribution in [0, 0.1) is 23.7 Å². The van der Waals surface area contributed by atoms with Crippen LogP contribution in [0.4, 0.5) is 0 Å². The SMILES string of the molecule is CCC(C)[C@H]1O[C@@]2(C[C@@H]3C[C@@H](C/C=C(\C)[C@@H](O[C@H]4C[C@H](OC)[C@@H](O)[C@H](C)O4)[C@@H](C)/C=C/C=C4\CO[C@@H]5[C@H](OC)C(C)=C[C@@H](C(=O)O3)[C@]45O)O2)C[C@H](O)[C@@H]1C. The van der Waals surface area contributed by atoms with E-state index in [0.29, 0.717) is 24.8 Å². The van der Waals surface area contributed by atoms with E-state index in [2.05, 4.69) is 26.8 Å². The average Bonchev–Trinajstić information content (AvgIpc) is 3.47. The molecule has 4 saturated heterocycles. The molecule has 6 rings (SSSR count). The minimum Gasteiger partial charge on any atom is -0.462 e. The van der Waals surface area contributed by atoms with Crippen molar-refractivity contribution in [2.75, 3.05) is 20.8 Å². The zero-order chi connectivity index (χ0) is 39.1. The van der Waals surface area contributed by atoms with Gasteiger partial charge in [-0.15, -0.1) is 0 Å². The molecular formula is C42H64O12. The Hall–Kier alpha value is -1.97. The minimum absolute atomic E-state index is 0.0953. The van der Waals surface area contributed by atoms with E-state index >= 15 is 0 Å². The number of methoxy groups -OCH3 is 2. The molecule has 0 saturated carbocycles. The van der Waals surface area contributed by atoms with Crippen molar-refractivity contribution in [2.24, 2.45) is 23.7 Å². The van der Waals surface area contributed by atoms with Crippen LogP contribution in [0.2, 0.25) is 0 Å². The molecule has 2 bridgehead atoms. The van der Waals surface area contributed by atoms with E-state index < -0.39 is 84.5 Å². The number of allylic oxidation sites excluding steroid dienone is 2. The van der Waals surface area contributed by atoms with E-state index in [0.717, 1.165) is 17.6 Å². The first-order valence-corrected chi connectivity index (χ1v) is 20.0. The van der Waals surface area contributed by atoms with Gasteiger partial charge in [-0.3, -0.25) is 4.79 Å². The minimum atomic E-state index is -1.72. The largest absolute Gasteiger partial charge is 0.462 e. The smallest absolute Gasteiger partial charge is 0.316 e. The highest BCUT2D eigenvalue weighted by Crippen LogP contribution is 2.48. The van der Waals surface area contributed by atoms with Gasteiger partial charge in [-0.05, 0) is 49.8 Å². The number of aliphatic hydroxyl groups is 3. The average molecular weight is 761 g/mol.